The van der Waals surface area contributed by atoms with Crippen LogP contribution in [0.15, 0.2) is 8.41 Å². The van der Waals surface area contributed by atoms with Gasteiger partial charge >= 0.3 is 8.80 Å². The Morgan fingerprint density at radius 3 is 1.45 bits per heavy atom. The maximum atomic E-state index is 12.0. The standard InChI is InChI=1S/C10H14N2O7Si/c1-5(13)9(11,6(2)14)10(7(3)15,8(4)16)12-18-20(17)19-12/h11H2,1-4H3. The van der Waals surface area contributed by atoms with Crippen molar-refractivity contribution in [3.8, 4) is 0 Å². The molecule has 0 fully saturated rings. The van der Waals surface area contributed by atoms with E-state index in [0.717, 1.165) is 27.7 Å². The first-order chi connectivity index (χ1) is 9.02. The van der Waals surface area contributed by atoms with E-state index in [1.165, 1.54) is 0 Å². The minimum Gasteiger partial charge on any atom is -0.341 e. The average molecular weight is 302 g/mol. The number of rotatable bonds is 6. The molecule has 0 amide bonds. The minimum atomic E-state index is -2.91. The first-order valence-corrected chi connectivity index (χ1v) is 6.78. The summed E-state index contributed by atoms with van der Waals surface area (Å²) < 4.78 is 20.1. The molecule has 1 aromatic rings. The molecule has 0 aliphatic carbocycles. The molecule has 0 saturated carbocycles. The average Bonchev–Trinajstić information content (AvgIpc) is 2.25. The molecule has 10 heteroatoms. The Morgan fingerprint density at radius 2 is 1.25 bits per heavy atom. The molecular formula is C10H14N2O7Si. The van der Waals surface area contributed by atoms with E-state index in [1.807, 2.05) is 0 Å². The molecule has 20 heavy (non-hydrogen) atoms. The van der Waals surface area contributed by atoms with Crippen LogP contribution in [0.1, 0.15) is 27.7 Å². The van der Waals surface area contributed by atoms with Gasteiger partial charge in [-0.2, -0.15) is 0 Å². The second kappa shape index (κ2) is 4.87. The third kappa shape index (κ3) is 1.79. The summed E-state index contributed by atoms with van der Waals surface area (Å²) in [5, 5.41) is 0. The van der Waals surface area contributed by atoms with Gasteiger partial charge in [0.1, 0.15) is 0 Å². The third-order valence-electron chi connectivity index (χ3n) is 3.29. The van der Waals surface area contributed by atoms with E-state index in [-0.39, 0.29) is 0 Å². The van der Waals surface area contributed by atoms with E-state index in [1.54, 1.807) is 0 Å². The molecule has 0 atom stereocenters. The smallest absolute Gasteiger partial charge is 0.341 e. The van der Waals surface area contributed by atoms with Crippen LogP contribution < -0.4 is 5.73 Å². The Hall–Kier alpha value is -1.94. The molecule has 0 spiro atoms. The monoisotopic (exact) mass is 302 g/mol. The van der Waals surface area contributed by atoms with E-state index in [0.29, 0.717) is 4.91 Å². The first kappa shape index (κ1) is 16.1. The number of nitrogens with zero attached hydrogens (tertiary/aromatic N) is 1. The summed E-state index contributed by atoms with van der Waals surface area (Å²) in [6, 6.07) is 0. The van der Waals surface area contributed by atoms with Crippen molar-refractivity contribution in [1.29, 1.82) is 0 Å². The molecule has 0 saturated heterocycles. The summed E-state index contributed by atoms with van der Waals surface area (Å²) in [7, 11) is -2.91. The zero-order valence-corrected chi connectivity index (χ0v) is 12.4. The lowest BCUT2D eigenvalue weighted by Gasteiger charge is -2.40. The third-order valence-corrected chi connectivity index (χ3v) is 3.92. The molecule has 0 aliphatic heterocycles. The Labute approximate surface area is 114 Å². The largest absolute Gasteiger partial charge is 0.825 e. The quantitative estimate of drug-likeness (QED) is 0.516. The van der Waals surface area contributed by atoms with Gasteiger partial charge in [-0.05, 0) is 27.7 Å². The van der Waals surface area contributed by atoms with Crippen molar-refractivity contribution in [3.63, 3.8) is 0 Å². The number of Topliss-reactive ketones (excluding diaryl/α,β-unsaturated/α-hetero) is 4. The zero-order chi connectivity index (χ0) is 15.9. The van der Waals surface area contributed by atoms with Gasteiger partial charge in [-0.3, -0.25) is 23.6 Å². The molecule has 1 heterocycles. The predicted molar refractivity (Wildman–Crippen MR) is 63.0 cm³/mol. The van der Waals surface area contributed by atoms with Gasteiger partial charge in [0.25, 0.3) is 5.54 Å². The fourth-order valence-corrected chi connectivity index (χ4v) is 2.80. The highest BCUT2D eigenvalue weighted by Gasteiger charge is 2.67. The highest BCUT2D eigenvalue weighted by molar-refractivity contribution is 6.24. The lowest BCUT2D eigenvalue weighted by atomic mass is 9.68. The summed E-state index contributed by atoms with van der Waals surface area (Å²) in [5.41, 5.74) is 0.770. The zero-order valence-electron chi connectivity index (χ0n) is 11.4. The molecule has 0 aliphatic rings. The van der Waals surface area contributed by atoms with Gasteiger partial charge in [-0.25, -0.2) is 0 Å². The number of carbonyl (C=O) groups is 4. The molecule has 1 aromatic heterocycles. The van der Waals surface area contributed by atoms with Crippen LogP contribution in [0.3, 0.4) is 0 Å². The molecule has 110 valence electrons. The predicted octanol–water partition coefficient (Wildman–Crippen LogP) is -1.08. The first-order valence-electron chi connectivity index (χ1n) is 5.56. The van der Waals surface area contributed by atoms with Gasteiger partial charge in [0.2, 0.25) is 0 Å². The molecule has 9 nitrogen and oxygen atoms in total. The fourth-order valence-electron chi connectivity index (χ4n) is 2.24. The number of hydrogen-bond acceptors (Lipinski definition) is 8. The van der Waals surface area contributed by atoms with Gasteiger partial charge < -0.3 is 14.1 Å². The molecule has 0 bridgehead atoms. The van der Waals surface area contributed by atoms with E-state index in [4.69, 9.17) is 5.73 Å². The van der Waals surface area contributed by atoms with Crippen LogP contribution in [0.25, 0.3) is 0 Å². The van der Waals surface area contributed by atoms with Crippen LogP contribution in [0.2, 0.25) is 0 Å². The number of nitrogens with two attached hydrogens (primary N) is 1. The summed E-state index contributed by atoms with van der Waals surface area (Å²) in [6.45, 7) is 3.84. The number of ketones is 4. The fraction of sp³-hybridized carbons (Fsp3) is 0.600. The second-order valence-corrected chi connectivity index (χ2v) is 5.30. The van der Waals surface area contributed by atoms with Crippen LogP contribution in [0.5, 0.6) is 0 Å². The van der Waals surface area contributed by atoms with Crippen LogP contribution in [-0.4, -0.2) is 42.4 Å². The maximum Gasteiger partial charge on any atom is 0.825 e. The van der Waals surface area contributed by atoms with Gasteiger partial charge in [0, 0.05) is 0 Å². The topological polar surface area (TPSA) is 143 Å². The van der Waals surface area contributed by atoms with Crippen LogP contribution in [-0.2, 0) is 29.2 Å². The van der Waals surface area contributed by atoms with Gasteiger partial charge in [0.05, 0.1) is 0 Å². The van der Waals surface area contributed by atoms with Crippen molar-refractivity contribution in [2.75, 3.05) is 0 Å². The normalized spacial score (nSPS) is 12.2. The summed E-state index contributed by atoms with van der Waals surface area (Å²) in [4.78, 5) is 48.0. The molecule has 0 radical (unpaired) electrons. The molecular weight excluding hydrogens is 288 g/mol. The van der Waals surface area contributed by atoms with Crippen LogP contribution >= 0.6 is 0 Å². The van der Waals surface area contributed by atoms with Gasteiger partial charge in [0.15, 0.2) is 28.7 Å². The maximum absolute atomic E-state index is 12.0. The summed E-state index contributed by atoms with van der Waals surface area (Å²) in [5.74, 6) is -3.72. The molecule has 0 aromatic carbocycles. The van der Waals surface area contributed by atoms with E-state index in [2.05, 4.69) is 8.41 Å². The van der Waals surface area contributed by atoms with Crippen molar-refractivity contribution < 1.29 is 32.0 Å². The Balaban J connectivity index is 3.83. The lowest BCUT2D eigenvalue weighted by Crippen LogP contribution is -2.75. The van der Waals surface area contributed by atoms with Crippen LogP contribution in [0.4, 0.5) is 0 Å². The van der Waals surface area contributed by atoms with Crippen molar-refractivity contribution in [3.05, 3.63) is 0 Å². The summed E-state index contributed by atoms with van der Waals surface area (Å²) >= 11 is 0. The highest BCUT2D eigenvalue weighted by Crippen LogP contribution is 2.33. The minimum absolute atomic E-state index is 0.293. The van der Waals surface area contributed by atoms with Crippen molar-refractivity contribution >= 4 is 31.9 Å². The Kier molecular flexibility index (Phi) is 3.92. The van der Waals surface area contributed by atoms with E-state index >= 15 is 0 Å². The SMILES string of the molecule is CC(=O)C(N)(C(C)=O)C(C(C)=O)(C(C)=O)n1o[si](=O)o1. The Morgan fingerprint density at radius 1 is 0.900 bits per heavy atom. The van der Waals surface area contributed by atoms with E-state index < -0.39 is 43.0 Å². The van der Waals surface area contributed by atoms with Gasteiger partial charge in [-0.15, -0.1) is 0 Å². The number of carbonyl (C=O) groups excluding carboxylic acids is 4. The highest BCUT2D eigenvalue weighted by atomic mass is 28.2. The van der Waals surface area contributed by atoms with Crippen molar-refractivity contribution in [2.45, 2.75) is 38.8 Å². The molecule has 0 unspecified atom stereocenters. The number of aromatic nitrogens is 1. The molecule has 2 N–H and O–H groups in total. The van der Waals surface area contributed by atoms with Crippen molar-refractivity contribution in [1.82, 2.24) is 4.91 Å². The van der Waals surface area contributed by atoms with Crippen LogP contribution in [0, 0.1) is 0 Å². The number of hydrogen-bond donors (Lipinski definition) is 1. The summed E-state index contributed by atoms with van der Waals surface area (Å²) in [6.07, 6.45) is 0. The Bertz CT molecular complexity index is 607. The van der Waals surface area contributed by atoms with Crippen molar-refractivity contribution in [2.24, 2.45) is 5.73 Å². The van der Waals surface area contributed by atoms with E-state index in [9.17, 15) is 23.6 Å². The molecule has 1 rings (SSSR count). The van der Waals surface area contributed by atoms with Gasteiger partial charge in [-0.1, -0.05) is 4.91 Å². The lowest BCUT2D eigenvalue weighted by molar-refractivity contribution is -0.170. The second-order valence-electron chi connectivity index (χ2n) is 4.43.